The molecule has 3 heterocycles. The topological polar surface area (TPSA) is 38.1 Å². The van der Waals surface area contributed by atoms with Gasteiger partial charge < -0.3 is 9.73 Å². The maximum atomic E-state index is 5.88. The molecule has 0 aliphatic heterocycles. The summed E-state index contributed by atoms with van der Waals surface area (Å²) in [6.07, 6.45) is 2.83. The van der Waals surface area contributed by atoms with E-state index in [2.05, 4.69) is 39.3 Å². The molecule has 0 aliphatic carbocycles. The second-order valence-electron chi connectivity index (χ2n) is 5.77. The minimum absolute atomic E-state index is 0.215. The number of fused-ring (bicyclic) bond motifs is 1. The van der Waals surface area contributed by atoms with Gasteiger partial charge in [0.25, 0.3) is 0 Å². The standard InChI is InChI=1S/C19H18N2OS2/c1-13-16(15-4-2-3-5-18(15)22-13)11-21-17(19-20-7-9-24-19)10-14-6-8-23-12-14/h2-9,12,17,21H,10-11H2,1H3/t17-/m0/s1. The smallest absolute Gasteiger partial charge is 0.134 e. The molecule has 4 aromatic rings. The number of hydrogen-bond acceptors (Lipinski definition) is 5. The molecule has 0 amide bonds. The number of nitrogens with one attached hydrogen (secondary N) is 1. The lowest BCUT2D eigenvalue weighted by Crippen LogP contribution is -2.23. The molecule has 3 nitrogen and oxygen atoms in total. The van der Waals surface area contributed by atoms with E-state index < -0.39 is 0 Å². The van der Waals surface area contributed by atoms with Crippen molar-refractivity contribution in [1.29, 1.82) is 0 Å². The first-order chi connectivity index (χ1) is 11.8. The average molecular weight is 354 g/mol. The summed E-state index contributed by atoms with van der Waals surface area (Å²) in [5.41, 5.74) is 3.54. The van der Waals surface area contributed by atoms with Crippen LogP contribution in [0.2, 0.25) is 0 Å². The Hall–Kier alpha value is -1.95. The molecule has 4 rings (SSSR count). The van der Waals surface area contributed by atoms with Crippen LogP contribution in [0, 0.1) is 6.92 Å². The second-order valence-corrected chi connectivity index (χ2v) is 7.48. The van der Waals surface area contributed by atoms with E-state index in [0.717, 1.165) is 29.3 Å². The van der Waals surface area contributed by atoms with E-state index in [-0.39, 0.29) is 6.04 Å². The molecule has 0 fully saturated rings. The number of thiophene rings is 1. The zero-order chi connectivity index (χ0) is 16.4. The molecule has 0 radical (unpaired) electrons. The summed E-state index contributed by atoms with van der Waals surface area (Å²) in [7, 11) is 0. The molecule has 1 aromatic carbocycles. The molecule has 0 bridgehead atoms. The zero-order valence-electron chi connectivity index (χ0n) is 13.4. The third-order valence-electron chi connectivity index (χ3n) is 4.19. The van der Waals surface area contributed by atoms with Crippen molar-refractivity contribution in [2.24, 2.45) is 0 Å². The third-order valence-corrected chi connectivity index (χ3v) is 5.82. The van der Waals surface area contributed by atoms with Crippen LogP contribution >= 0.6 is 22.7 Å². The van der Waals surface area contributed by atoms with Crippen LogP contribution in [0.4, 0.5) is 0 Å². The summed E-state index contributed by atoms with van der Waals surface area (Å²) < 4.78 is 5.88. The Morgan fingerprint density at radius 3 is 2.92 bits per heavy atom. The van der Waals surface area contributed by atoms with Crippen molar-refractivity contribution in [2.75, 3.05) is 0 Å². The first-order valence-corrected chi connectivity index (χ1v) is 9.74. The number of hydrogen-bond donors (Lipinski definition) is 1. The number of benzene rings is 1. The molecule has 1 atom stereocenters. The van der Waals surface area contributed by atoms with Gasteiger partial charge >= 0.3 is 0 Å². The molecule has 5 heteroatoms. The van der Waals surface area contributed by atoms with Crippen LogP contribution in [0.3, 0.4) is 0 Å². The van der Waals surface area contributed by atoms with Crippen LogP contribution in [0.5, 0.6) is 0 Å². The van der Waals surface area contributed by atoms with E-state index >= 15 is 0 Å². The summed E-state index contributed by atoms with van der Waals surface area (Å²) in [5.74, 6) is 0.983. The molecular formula is C19H18N2OS2. The number of aryl methyl sites for hydroxylation is 1. The maximum absolute atomic E-state index is 5.88. The summed E-state index contributed by atoms with van der Waals surface area (Å²) in [6, 6.07) is 10.6. The summed E-state index contributed by atoms with van der Waals surface area (Å²) >= 11 is 3.44. The Labute approximate surface area is 149 Å². The van der Waals surface area contributed by atoms with E-state index in [1.807, 2.05) is 30.6 Å². The number of furan rings is 1. The lowest BCUT2D eigenvalue weighted by molar-refractivity contribution is 0.516. The highest BCUT2D eigenvalue weighted by Crippen LogP contribution is 2.27. The Morgan fingerprint density at radius 1 is 1.21 bits per heavy atom. The lowest BCUT2D eigenvalue weighted by Gasteiger charge is -2.16. The summed E-state index contributed by atoms with van der Waals surface area (Å²) in [6.45, 7) is 2.81. The van der Waals surface area contributed by atoms with Gasteiger partial charge in [0.1, 0.15) is 16.4 Å². The number of aromatic nitrogens is 1. The first kappa shape index (κ1) is 15.6. The number of rotatable bonds is 6. The van der Waals surface area contributed by atoms with Crippen molar-refractivity contribution >= 4 is 33.6 Å². The van der Waals surface area contributed by atoms with E-state index in [0.29, 0.717) is 0 Å². The minimum Gasteiger partial charge on any atom is -0.461 e. The minimum atomic E-state index is 0.215. The highest BCUT2D eigenvalue weighted by Gasteiger charge is 2.17. The fourth-order valence-electron chi connectivity index (χ4n) is 2.96. The molecule has 3 aromatic heterocycles. The maximum Gasteiger partial charge on any atom is 0.134 e. The molecule has 0 saturated heterocycles. The van der Waals surface area contributed by atoms with Gasteiger partial charge in [0.2, 0.25) is 0 Å². The quantitative estimate of drug-likeness (QED) is 0.508. The van der Waals surface area contributed by atoms with Crippen LogP contribution in [0.25, 0.3) is 11.0 Å². The van der Waals surface area contributed by atoms with Gasteiger partial charge in [-0.1, -0.05) is 18.2 Å². The van der Waals surface area contributed by atoms with Gasteiger partial charge in [-0.25, -0.2) is 4.98 Å². The number of nitrogens with zero attached hydrogens (tertiary/aromatic N) is 1. The van der Waals surface area contributed by atoms with Crippen molar-refractivity contribution in [1.82, 2.24) is 10.3 Å². The lowest BCUT2D eigenvalue weighted by atomic mass is 10.1. The molecular weight excluding hydrogens is 336 g/mol. The average Bonchev–Trinajstić information content (AvgIpc) is 3.33. The van der Waals surface area contributed by atoms with Crippen LogP contribution in [-0.4, -0.2) is 4.98 Å². The van der Waals surface area contributed by atoms with E-state index in [1.165, 1.54) is 16.5 Å². The fourth-order valence-corrected chi connectivity index (χ4v) is 4.36. The summed E-state index contributed by atoms with van der Waals surface area (Å²) in [5, 5.41) is 12.4. The molecule has 24 heavy (non-hydrogen) atoms. The largest absolute Gasteiger partial charge is 0.461 e. The monoisotopic (exact) mass is 354 g/mol. The Balaban J connectivity index is 1.57. The van der Waals surface area contributed by atoms with Gasteiger partial charge in [-0.2, -0.15) is 11.3 Å². The second kappa shape index (κ2) is 6.89. The van der Waals surface area contributed by atoms with Gasteiger partial charge in [-0.05, 0) is 41.8 Å². The molecule has 0 saturated carbocycles. The van der Waals surface area contributed by atoms with Gasteiger partial charge in [-0.15, -0.1) is 11.3 Å². The summed E-state index contributed by atoms with van der Waals surface area (Å²) in [4.78, 5) is 4.52. The molecule has 122 valence electrons. The molecule has 1 N–H and O–H groups in total. The molecule has 0 unspecified atom stereocenters. The van der Waals surface area contributed by atoms with Crippen LogP contribution < -0.4 is 5.32 Å². The molecule has 0 aliphatic rings. The zero-order valence-corrected chi connectivity index (χ0v) is 15.0. The van der Waals surface area contributed by atoms with Crippen molar-refractivity contribution in [3.63, 3.8) is 0 Å². The SMILES string of the molecule is Cc1oc2ccccc2c1CN[C@@H](Cc1ccsc1)c1nccs1. The number of thiazole rings is 1. The van der Waals surface area contributed by atoms with Crippen molar-refractivity contribution in [3.05, 3.63) is 74.6 Å². The van der Waals surface area contributed by atoms with E-state index in [4.69, 9.17) is 4.42 Å². The van der Waals surface area contributed by atoms with Crippen molar-refractivity contribution in [2.45, 2.75) is 25.9 Å². The fraction of sp³-hybridized carbons (Fsp3) is 0.211. The van der Waals surface area contributed by atoms with Gasteiger partial charge in [-0.3, -0.25) is 0 Å². The first-order valence-electron chi connectivity index (χ1n) is 7.92. The van der Waals surface area contributed by atoms with E-state index in [9.17, 15) is 0 Å². The van der Waals surface area contributed by atoms with Crippen molar-refractivity contribution < 1.29 is 4.42 Å². The highest BCUT2D eigenvalue weighted by molar-refractivity contribution is 7.09. The number of para-hydroxylation sites is 1. The normalized spacial score (nSPS) is 12.7. The van der Waals surface area contributed by atoms with Crippen LogP contribution in [0.1, 0.15) is 27.9 Å². The Kier molecular flexibility index (Phi) is 4.47. The van der Waals surface area contributed by atoms with Crippen LogP contribution in [0.15, 0.2) is 57.1 Å². The highest BCUT2D eigenvalue weighted by atomic mass is 32.1. The van der Waals surface area contributed by atoms with E-state index in [1.54, 1.807) is 22.7 Å². The van der Waals surface area contributed by atoms with Gasteiger partial charge in [0.15, 0.2) is 0 Å². The Bertz CT molecular complexity index is 910. The van der Waals surface area contributed by atoms with Gasteiger partial charge in [0, 0.05) is 29.1 Å². The van der Waals surface area contributed by atoms with Crippen LogP contribution in [-0.2, 0) is 13.0 Å². The predicted molar refractivity (Wildman–Crippen MR) is 101 cm³/mol. The Morgan fingerprint density at radius 2 is 2.12 bits per heavy atom. The predicted octanol–water partition coefficient (Wildman–Crippen LogP) is 5.33. The molecule has 0 spiro atoms. The van der Waals surface area contributed by atoms with Crippen molar-refractivity contribution in [3.8, 4) is 0 Å². The van der Waals surface area contributed by atoms with Gasteiger partial charge in [0.05, 0.1) is 6.04 Å². The third kappa shape index (κ3) is 3.15.